The van der Waals surface area contributed by atoms with Crippen LogP contribution in [-0.4, -0.2) is 124 Å². The van der Waals surface area contributed by atoms with Crippen LogP contribution in [0.2, 0.25) is 0 Å². The number of hydrogen-bond acceptors (Lipinski definition) is 11. The fourth-order valence-electron chi connectivity index (χ4n) is 11.8. The van der Waals surface area contributed by atoms with Gasteiger partial charge in [0.2, 0.25) is 0 Å². The molecule has 0 aromatic heterocycles. The van der Waals surface area contributed by atoms with Gasteiger partial charge in [0.1, 0.15) is 23.6 Å². The predicted molar refractivity (Wildman–Crippen MR) is 155 cm³/mol. The van der Waals surface area contributed by atoms with E-state index in [0.717, 1.165) is 0 Å². The number of piperidine rings is 1. The predicted octanol–water partition coefficient (Wildman–Crippen LogP) is 1.18. The molecule has 1 aliphatic heterocycles. The molecule has 1 aromatic rings. The molecule has 44 heavy (non-hydrogen) atoms. The van der Waals surface area contributed by atoms with E-state index in [2.05, 4.69) is 11.8 Å². The highest BCUT2D eigenvalue weighted by Gasteiger charge is 2.87. The zero-order valence-electron chi connectivity index (χ0n) is 26.3. The number of methoxy groups -OCH3 is 5. The fraction of sp³-hybridized carbons (Fsp3) is 0.758. The highest BCUT2D eigenvalue weighted by molar-refractivity contribution is 5.92. The molecule has 7 rings (SSSR count). The second kappa shape index (κ2) is 10.4. The molecule has 7 bridgehead atoms. The number of hydrogen-bond donors (Lipinski definition) is 2. The molecule has 5 aliphatic carbocycles. The van der Waals surface area contributed by atoms with Crippen molar-refractivity contribution < 1.29 is 48.2 Å². The average molecular weight is 616 g/mol. The van der Waals surface area contributed by atoms with Gasteiger partial charge in [-0.2, -0.15) is 0 Å². The van der Waals surface area contributed by atoms with Crippen molar-refractivity contribution in [3.05, 3.63) is 29.8 Å². The molecule has 6 fully saturated rings. The molecular weight excluding hydrogens is 570 g/mol. The van der Waals surface area contributed by atoms with E-state index in [1.165, 1.54) is 7.11 Å². The first-order valence-electron chi connectivity index (χ1n) is 15.7. The molecule has 0 radical (unpaired) electrons. The minimum atomic E-state index is -1.73. The molecule has 0 amide bonds. The van der Waals surface area contributed by atoms with Crippen LogP contribution in [0.5, 0.6) is 5.75 Å². The average Bonchev–Trinajstić information content (AvgIpc) is 3.36. The minimum Gasteiger partial charge on any atom is -0.497 e. The molecule has 11 heteroatoms. The number of nitrogens with zero attached hydrogens (tertiary/aromatic N) is 1. The molecule has 1 saturated heterocycles. The summed E-state index contributed by atoms with van der Waals surface area (Å²) in [7, 11) is 8.02. The van der Waals surface area contributed by atoms with Crippen LogP contribution in [0.15, 0.2) is 24.3 Å². The molecular formula is C33H45NO10. The van der Waals surface area contributed by atoms with E-state index < -0.39 is 52.5 Å². The summed E-state index contributed by atoms with van der Waals surface area (Å²) in [5, 5.41) is 24.4. The van der Waals surface area contributed by atoms with Crippen LogP contribution >= 0.6 is 0 Å². The van der Waals surface area contributed by atoms with E-state index in [1.807, 2.05) is 0 Å². The van der Waals surface area contributed by atoms with E-state index in [0.29, 0.717) is 37.4 Å². The Kier molecular flexibility index (Phi) is 7.25. The van der Waals surface area contributed by atoms with Gasteiger partial charge in [-0.1, -0.05) is 6.92 Å². The first-order chi connectivity index (χ1) is 21.1. The second-order valence-electron chi connectivity index (χ2n) is 13.9. The van der Waals surface area contributed by atoms with Crippen molar-refractivity contribution in [2.24, 2.45) is 40.4 Å². The van der Waals surface area contributed by atoms with Crippen LogP contribution in [0.25, 0.3) is 0 Å². The molecule has 6 aliphatic rings. The summed E-state index contributed by atoms with van der Waals surface area (Å²) >= 11 is 0. The van der Waals surface area contributed by atoms with Crippen LogP contribution < -0.4 is 4.74 Å². The Morgan fingerprint density at radius 3 is 2.36 bits per heavy atom. The quantitative estimate of drug-likeness (QED) is 0.388. The van der Waals surface area contributed by atoms with Gasteiger partial charge in [-0.25, -0.2) is 4.79 Å². The Hall–Kier alpha value is -2.12. The Labute approximate surface area is 258 Å². The second-order valence-corrected chi connectivity index (χ2v) is 13.9. The summed E-state index contributed by atoms with van der Waals surface area (Å²) in [6, 6.07) is 6.53. The molecule has 14 unspecified atom stereocenters. The number of rotatable bonds is 9. The van der Waals surface area contributed by atoms with E-state index in [9.17, 15) is 19.8 Å². The molecule has 5 saturated carbocycles. The summed E-state index contributed by atoms with van der Waals surface area (Å²) in [4.78, 5) is 30.6. The highest BCUT2D eigenvalue weighted by atomic mass is 16.6. The monoisotopic (exact) mass is 615 g/mol. The van der Waals surface area contributed by atoms with Crippen molar-refractivity contribution >= 4 is 11.8 Å². The summed E-state index contributed by atoms with van der Waals surface area (Å²) in [6.45, 7) is 3.73. The number of aliphatic hydroxyl groups excluding tert-OH is 1. The molecule has 1 spiro atoms. The lowest BCUT2D eigenvalue weighted by molar-refractivity contribution is -0.280. The minimum absolute atomic E-state index is 0.101. The third-order valence-electron chi connectivity index (χ3n) is 12.8. The third-order valence-corrected chi connectivity index (χ3v) is 12.8. The lowest BCUT2D eigenvalue weighted by atomic mass is 9.43. The summed E-state index contributed by atoms with van der Waals surface area (Å²) in [6.07, 6.45) is -3.03. The van der Waals surface area contributed by atoms with Crippen LogP contribution in [0.3, 0.4) is 0 Å². The maximum Gasteiger partial charge on any atom is 0.338 e. The number of ether oxygens (including phenoxy) is 6. The molecule has 1 aromatic carbocycles. The molecule has 1 heterocycles. The largest absolute Gasteiger partial charge is 0.497 e. The molecule has 14 atom stereocenters. The van der Waals surface area contributed by atoms with Gasteiger partial charge in [0.25, 0.3) is 0 Å². The van der Waals surface area contributed by atoms with Gasteiger partial charge < -0.3 is 38.6 Å². The third kappa shape index (κ3) is 3.47. The van der Waals surface area contributed by atoms with Crippen molar-refractivity contribution in [2.45, 2.75) is 61.9 Å². The number of fused-ring (bicyclic) bond motifs is 2. The number of likely N-dealkylation sites (tertiary alicyclic amines) is 1. The maximum absolute atomic E-state index is 14.5. The lowest BCUT2D eigenvalue weighted by Crippen LogP contribution is -2.77. The maximum atomic E-state index is 14.5. The van der Waals surface area contributed by atoms with Gasteiger partial charge in [-0.15, -0.1) is 0 Å². The normalized spacial score (nSPS) is 48.4. The van der Waals surface area contributed by atoms with Crippen molar-refractivity contribution in [2.75, 3.05) is 55.2 Å². The van der Waals surface area contributed by atoms with Crippen molar-refractivity contribution in [1.82, 2.24) is 4.90 Å². The van der Waals surface area contributed by atoms with Gasteiger partial charge in [-0.05, 0) is 43.1 Å². The van der Waals surface area contributed by atoms with Crippen molar-refractivity contribution in [3.63, 3.8) is 0 Å². The van der Waals surface area contributed by atoms with E-state index in [4.69, 9.17) is 28.4 Å². The molecule has 242 valence electrons. The van der Waals surface area contributed by atoms with Gasteiger partial charge in [0, 0.05) is 81.9 Å². The number of carbonyl (C=O) groups is 2. The van der Waals surface area contributed by atoms with Crippen molar-refractivity contribution in [3.8, 4) is 5.75 Å². The molecule has 2 N–H and O–H groups in total. The van der Waals surface area contributed by atoms with Crippen LogP contribution in [-0.2, 0) is 28.5 Å². The smallest absolute Gasteiger partial charge is 0.338 e. The Morgan fingerprint density at radius 1 is 1.05 bits per heavy atom. The Balaban J connectivity index is 1.42. The topological polar surface area (TPSA) is 133 Å². The van der Waals surface area contributed by atoms with Crippen molar-refractivity contribution in [1.29, 1.82) is 0 Å². The summed E-state index contributed by atoms with van der Waals surface area (Å²) in [5.74, 6) is -1.98. The Morgan fingerprint density at radius 2 is 1.77 bits per heavy atom. The first-order valence-corrected chi connectivity index (χ1v) is 15.7. The zero-order valence-corrected chi connectivity index (χ0v) is 26.3. The lowest BCUT2D eigenvalue weighted by Gasteiger charge is -2.69. The van der Waals surface area contributed by atoms with E-state index in [-0.39, 0.29) is 48.2 Å². The number of ketones is 1. The number of benzene rings is 1. The van der Waals surface area contributed by atoms with Gasteiger partial charge in [-0.3, -0.25) is 9.69 Å². The standard InChI is InChI=1S/C33H45NO10/c1-7-34-14-31(15-39-2)19(35)12-20(41-4)33-18-13-32(38)28(44-30(37)16-8-10-17(40-3)11-9-16)21(18)22(24(36)29(32)43-6)23(27(33)34)25(42-5)26(31)33/h8-11,18-23,25-29,35,38H,7,12-15H2,1-6H3. The number of carbonyl (C=O) groups excluding carboxylic acids is 2. The van der Waals surface area contributed by atoms with E-state index >= 15 is 0 Å². The highest BCUT2D eigenvalue weighted by Crippen LogP contribution is 2.78. The number of aliphatic hydroxyl groups is 2. The van der Waals surface area contributed by atoms with Crippen LogP contribution in [0.4, 0.5) is 0 Å². The molecule has 11 nitrogen and oxygen atoms in total. The van der Waals surface area contributed by atoms with Gasteiger partial charge >= 0.3 is 5.97 Å². The summed E-state index contributed by atoms with van der Waals surface area (Å²) in [5.41, 5.74) is -2.69. The Bertz CT molecular complexity index is 1310. The van der Waals surface area contributed by atoms with Gasteiger partial charge in [0.15, 0.2) is 5.78 Å². The van der Waals surface area contributed by atoms with Crippen LogP contribution in [0.1, 0.15) is 30.1 Å². The zero-order chi connectivity index (χ0) is 31.3. The van der Waals surface area contributed by atoms with Gasteiger partial charge in [0.05, 0.1) is 37.6 Å². The summed E-state index contributed by atoms with van der Waals surface area (Å²) < 4.78 is 36.0. The fourth-order valence-corrected chi connectivity index (χ4v) is 11.8. The van der Waals surface area contributed by atoms with E-state index in [1.54, 1.807) is 52.7 Å². The number of esters is 1. The van der Waals surface area contributed by atoms with Crippen LogP contribution in [0, 0.1) is 40.4 Å². The SMILES string of the molecule is CCN1CC2(COC)C(O)CC(OC)C34C5CC6(O)C(OC)C(=O)C(C5C6OC(=O)c5ccc(OC)cc5)C(C(OC)C23)C14. The number of Topliss-reactive ketones (excluding diaryl/α,β-unsaturated/α-hetero) is 1. The first kappa shape index (κ1) is 30.5.